The zero-order valence-electron chi connectivity index (χ0n) is 40.9. The van der Waals surface area contributed by atoms with Crippen molar-refractivity contribution in [3.05, 3.63) is 102 Å². The Bertz CT molecular complexity index is 2610. The fraction of sp³-hybridized carbons (Fsp3) is 0.417. The number of carbonyl (C=O) groups excluding carboxylic acids is 7. The van der Waals surface area contributed by atoms with Crippen LogP contribution in [0.1, 0.15) is 61.5 Å². The number of phenolic OH excluding ortho intramolecular Hbond substituents is 1. The summed E-state index contributed by atoms with van der Waals surface area (Å²) in [5, 5.41) is 44.6. The Hall–Kier alpha value is -8.88. The molecule has 27 nitrogen and oxygen atoms in total. The zero-order valence-corrected chi connectivity index (χ0v) is 40.9. The second kappa shape index (κ2) is 27.8. The molecule has 5 rings (SSSR count). The van der Waals surface area contributed by atoms with E-state index in [9.17, 15) is 53.4 Å². The van der Waals surface area contributed by atoms with Crippen molar-refractivity contribution in [1.29, 1.82) is 0 Å². The third-order valence-electron chi connectivity index (χ3n) is 12.0. The van der Waals surface area contributed by atoms with Crippen LogP contribution in [0.15, 0.2) is 84.6 Å². The number of aliphatic carboxylic acids is 2. The molecule has 1 aliphatic heterocycles. The highest BCUT2D eigenvalue weighted by atomic mass is 16.4. The summed E-state index contributed by atoms with van der Waals surface area (Å²) in [6.45, 7) is 1.45. The van der Waals surface area contributed by atoms with E-state index >= 15 is 0 Å². The molecule has 0 aliphatic carbocycles. The van der Waals surface area contributed by atoms with Gasteiger partial charge < -0.3 is 79.3 Å². The molecular weight excluding hydrogens is 979 g/mol. The number of guanidine groups is 1. The van der Waals surface area contributed by atoms with Gasteiger partial charge >= 0.3 is 11.9 Å². The Morgan fingerprint density at radius 2 is 1.24 bits per heavy atom. The topological polar surface area (TPSA) is 438 Å². The number of rotatable bonds is 28. The summed E-state index contributed by atoms with van der Waals surface area (Å²) in [5.74, 6) is -8.80. The highest BCUT2D eigenvalue weighted by Gasteiger charge is 2.40. The first kappa shape index (κ1) is 57.0. The summed E-state index contributed by atoms with van der Waals surface area (Å²) in [4.78, 5) is 140. The van der Waals surface area contributed by atoms with Crippen LogP contribution in [-0.2, 0) is 68.8 Å². The quantitative estimate of drug-likeness (QED) is 0.0153. The van der Waals surface area contributed by atoms with Crippen LogP contribution >= 0.6 is 0 Å². The number of benzene rings is 2. The molecule has 8 atom stereocenters. The smallest absolute Gasteiger partial charge is 0.326 e. The highest BCUT2D eigenvalue weighted by Crippen LogP contribution is 2.21. The van der Waals surface area contributed by atoms with Crippen LogP contribution in [-0.4, -0.2) is 161 Å². The molecule has 7 amide bonds. The zero-order chi connectivity index (χ0) is 54.6. The predicted octanol–water partition coefficient (Wildman–Crippen LogP) is -3.03. The summed E-state index contributed by atoms with van der Waals surface area (Å²) >= 11 is 0. The third-order valence-corrected chi connectivity index (χ3v) is 12.0. The number of phenols is 1. The lowest BCUT2D eigenvalue weighted by molar-refractivity contribution is -0.145. The molecule has 4 aromatic rings. The number of hydrogen-bond acceptors (Lipinski definition) is 14. The van der Waals surface area contributed by atoms with Crippen LogP contribution in [0.5, 0.6) is 5.75 Å². The fourth-order valence-corrected chi connectivity index (χ4v) is 8.09. The average Bonchev–Trinajstić information content (AvgIpc) is 4.19. The largest absolute Gasteiger partial charge is 0.508 e. The minimum absolute atomic E-state index is 0.0146. The number of aromatic amines is 2. The second-order valence-electron chi connectivity index (χ2n) is 17.8. The lowest BCUT2D eigenvalue weighted by atomic mass is 10.0. The maximum Gasteiger partial charge on any atom is 0.326 e. The molecule has 75 heavy (non-hydrogen) atoms. The van der Waals surface area contributed by atoms with Crippen LogP contribution in [0.25, 0.3) is 0 Å². The van der Waals surface area contributed by atoms with E-state index in [1.54, 1.807) is 30.3 Å². The number of nitrogens with two attached hydrogens (primary N) is 3. The second-order valence-corrected chi connectivity index (χ2v) is 17.8. The number of hydrogen-bond donors (Lipinski definition) is 14. The summed E-state index contributed by atoms with van der Waals surface area (Å²) < 4.78 is 0. The van der Waals surface area contributed by atoms with Gasteiger partial charge in [0.1, 0.15) is 48.0 Å². The molecule has 1 fully saturated rings. The number of likely N-dealkylation sites (tertiary alicyclic amines) is 1. The molecule has 2 aromatic heterocycles. The number of imidazole rings is 2. The van der Waals surface area contributed by atoms with Gasteiger partial charge in [0.25, 0.3) is 0 Å². The number of nitrogens with zero attached hydrogens (tertiary/aromatic N) is 4. The van der Waals surface area contributed by atoms with E-state index in [2.05, 4.69) is 56.8 Å². The number of aromatic hydroxyl groups is 1. The van der Waals surface area contributed by atoms with E-state index in [0.29, 0.717) is 28.9 Å². The fourth-order valence-electron chi connectivity index (χ4n) is 8.09. The van der Waals surface area contributed by atoms with Gasteiger partial charge in [0.2, 0.25) is 41.4 Å². The molecular formula is C48H63N15O12. The third kappa shape index (κ3) is 18.0. The van der Waals surface area contributed by atoms with Gasteiger partial charge in [-0.1, -0.05) is 42.5 Å². The van der Waals surface area contributed by atoms with Crippen LogP contribution < -0.4 is 49.1 Å². The summed E-state index contributed by atoms with van der Waals surface area (Å²) in [6.07, 6.45) is 4.92. The lowest BCUT2D eigenvalue weighted by Gasteiger charge is -2.30. The molecule has 0 bridgehead atoms. The maximum atomic E-state index is 14.6. The monoisotopic (exact) mass is 1040 g/mol. The summed E-state index contributed by atoms with van der Waals surface area (Å²) in [7, 11) is 0. The number of aromatic nitrogens is 4. The number of H-pyrrole nitrogens is 2. The Balaban J connectivity index is 1.36. The highest BCUT2D eigenvalue weighted by molar-refractivity contribution is 5.98. The first-order valence-electron chi connectivity index (χ1n) is 23.9. The number of carboxylic acids is 2. The molecule has 1 saturated heterocycles. The van der Waals surface area contributed by atoms with E-state index in [0.717, 1.165) is 0 Å². The standard InChI is InChI=1S/C48H63N15O12/c1-26(57-42(69)33(9-5-15-54-48(50)51)58-41(68)32(49)21-39(65)66)40(67)59-34(17-28-11-13-31(64)14-12-28)43(70)60-35(19-29-22-52-24-55-29)44(71)61-36(20-30-23-53-25-56-30)46(73)63-16-6-10-38(63)45(72)62-37(47(74)75)18-27-7-3-2-4-8-27/h2-4,7-8,11-14,22-26,32-38,64H,5-6,9-10,15-21,49H2,1H3,(H,52,55)(H,53,56)(H,57,69)(H,58,68)(H,59,67)(H,60,70)(H,61,71)(H,62,72)(H,65,66)(H,74,75)(H4,50,51,54)/t26-,32-,33-,34-,35-,36-,37-,38-/m0/s1. The molecule has 2 aromatic carbocycles. The van der Waals surface area contributed by atoms with Gasteiger partial charge in [-0.05, 0) is 55.9 Å². The molecule has 0 unspecified atom stereocenters. The lowest BCUT2D eigenvalue weighted by Crippen LogP contribution is -2.60. The SMILES string of the molecule is C[C@H](NC(=O)[C@H](CCCN=C(N)N)NC(=O)[C@@H](N)CC(=O)O)C(=O)N[C@@H](Cc1ccc(O)cc1)C(=O)N[C@@H](Cc1cnc[nH]1)C(=O)N[C@@H](Cc1cnc[nH]1)C(=O)N1CCC[C@H]1C(=O)N[C@@H](Cc1ccccc1)C(=O)O. The minimum atomic E-state index is -1.52. The number of amides is 7. The Labute approximate surface area is 429 Å². The van der Waals surface area contributed by atoms with Gasteiger partial charge in [0.05, 0.1) is 25.1 Å². The van der Waals surface area contributed by atoms with Crippen molar-refractivity contribution in [3.63, 3.8) is 0 Å². The van der Waals surface area contributed by atoms with Crippen LogP contribution in [0, 0.1) is 0 Å². The normalized spacial score (nSPS) is 15.8. The van der Waals surface area contributed by atoms with E-state index in [1.807, 2.05) is 0 Å². The molecule has 402 valence electrons. The van der Waals surface area contributed by atoms with Crippen molar-refractivity contribution in [3.8, 4) is 5.75 Å². The number of nitrogens with one attached hydrogen (secondary N) is 8. The minimum Gasteiger partial charge on any atom is -0.508 e. The number of carboxylic acid groups (broad SMARTS) is 2. The molecule has 0 spiro atoms. The van der Waals surface area contributed by atoms with E-state index < -0.39 is 108 Å². The van der Waals surface area contributed by atoms with Gasteiger partial charge in [0, 0.05) is 62.6 Å². The van der Waals surface area contributed by atoms with E-state index in [-0.39, 0.29) is 69.7 Å². The Kier molecular flexibility index (Phi) is 21.1. The van der Waals surface area contributed by atoms with Crippen LogP contribution in [0.3, 0.4) is 0 Å². The van der Waals surface area contributed by atoms with Crippen molar-refractivity contribution in [2.24, 2.45) is 22.2 Å². The molecule has 17 N–H and O–H groups in total. The van der Waals surface area contributed by atoms with E-state index in [4.69, 9.17) is 22.3 Å². The Morgan fingerprint density at radius 3 is 1.83 bits per heavy atom. The van der Waals surface area contributed by atoms with Gasteiger partial charge in [-0.2, -0.15) is 0 Å². The van der Waals surface area contributed by atoms with Gasteiger partial charge in [0.15, 0.2) is 5.96 Å². The van der Waals surface area contributed by atoms with Crippen molar-refractivity contribution in [2.45, 2.75) is 113 Å². The molecule has 0 saturated carbocycles. The van der Waals surface area contributed by atoms with Gasteiger partial charge in [-0.25, -0.2) is 14.8 Å². The van der Waals surface area contributed by atoms with Crippen molar-refractivity contribution < 1.29 is 58.5 Å². The summed E-state index contributed by atoms with van der Waals surface area (Å²) in [6, 6.07) is 3.48. The van der Waals surface area contributed by atoms with Crippen LogP contribution in [0.2, 0.25) is 0 Å². The first-order valence-corrected chi connectivity index (χ1v) is 23.9. The maximum absolute atomic E-state index is 14.6. The Morgan fingerprint density at radius 1 is 0.693 bits per heavy atom. The molecule has 27 heteroatoms. The number of carbonyl (C=O) groups is 9. The molecule has 1 aliphatic rings. The van der Waals surface area contributed by atoms with Crippen molar-refractivity contribution in [2.75, 3.05) is 13.1 Å². The van der Waals surface area contributed by atoms with E-state index in [1.165, 1.54) is 61.1 Å². The first-order chi connectivity index (χ1) is 35.8. The van der Waals surface area contributed by atoms with Gasteiger partial charge in [-0.15, -0.1) is 0 Å². The van der Waals surface area contributed by atoms with Gasteiger partial charge in [-0.3, -0.25) is 43.3 Å². The molecule has 0 radical (unpaired) electrons. The number of aliphatic imine (C=N–C) groups is 1. The van der Waals surface area contributed by atoms with Crippen molar-refractivity contribution >= 4 is 59.2 Å². The summed E-state index contributed by atoms with van der Waals surface area (Å²) in [5.41, 5.74) is 18.5. The van der Waals surface area contributed by atoms with Crippen molar-refractivity contribution in [1.82, 2.24) is 56.7 Å². The average molecular weight is 1040 g/mol. The predicted molar refractivity (Wildman–Crippen MR) is 266 cm³/mol. The van der Waals surface area contributed by atoms with Crippen LogP contribution in [0.4, 0.5) is 0 Å². The molecule has 3 heterocycles.